The molecule has 0 saturated carbocycles. The first-order valence-corrected chi connectivity index (χ1v) is 5.76. The van der Waals surface area contributed by atoms with E-state index in [9.17, 15) is 9.59 Å². The van der Waals surface area contributed by atoms with Crippen molar-refractivity contribution in [2.45, 2.75) is 12.5 Å². The second-order valence-electron chi connectivity index (χ2n) is 3.51. The van der Waals surface area contributed by atoms with E-state index in [0.717, 1.165) is 0 Å². The molecule has 2 heterocycles. The zero-order valence-corrected chi connectivity index (χ0v) is 9.62. The lowest BCUT2D eigenvalue weighted by molar-refractivity contribution is -0.118. The number of anilines is 1. The normalized spacial score (nSPS) is 20.2. The van der Waals surface area contributed by atoms with Crippen LogP contribution in [0.2, 0.25) is 0 Å². The Kier molecular flexibility index (Phi) is 2.93. The van der Waals surface area contributed by atoms with Crippen molar-refractivity contribution in [1.82, 2.24) is 0 Å². The van der Waals surface area contributed by atoms with Gasteiger partial charge in [-0.1, -0.05) is 0 Å². The van der Waals surface area contributed by atoms with Gasteiger partial charge < -0.3 is 15.4 Å². The number of esters is 1. The van der Waals surface area contributed by atoms with Gasteiger partial charge >= 0.3 is 5.97 Å². The number of hydrogen-bond donors (Lipinski definition) is 1. The van der Waals surface area contributed by atoms with Gasteiger partial charge in [0.2, 0.25) is 5.91 Å². The maximum atomic E-state index is 11.7. The van der Waals surface area contributed by atoms with Crippen LogP contribution in [0.5, 0.6) is 0 Å². The van der Waals surface area contributed by atoms with E-state index in [-0.39, 0.29) is 5.91 Å². The molecular formula is C10H12N2O3S. The third kappa shape index (κ3) is 1.70. The summed E-state index contributed by atoms with van der Waals surface area (Å²) in [6, 6.07) is 1.29. The molecule has 0 bridgehead atoms. The minimum Gasteiger partial charge on any atom is -0.465 e. The Morgan fingerprint density at radius 3 is 3.00 bits per heavy atom. The molecule has 2 N–H and O–H groups in total. The average Bonchev–Trinajstić information content (AvgIpc) is 2.86. The first-order valence-electron chi connectivity index (χ1n) is 4.88. The highest BCUT2D eigenvalue weighted by Gasteiger charge is 2.32. The Bertz CT molecular complexity index is 429. The zero-order valence-electron chi connectivity index (χ0n) is 8.80. The fourth-order valence-corrected chi connectivity index (χ4v) is 2.51. The van der Waals surface area contributed by atoms with Crippen molar-refractivity contribution < 1.29 is 14.3 Å². The van der Waals surface area contributed by atoms with Gasteiger partial charge in [-0.15, -0.1) is 11.3 Å². The second kappa shape index (κ2) is 4.23. The zero-order chi connectivity index (χ0) is 11.7. The van der Waals surface area contributed by atoms with Gasteiger partial charge in [-0.05, 0) is 17.9 Å². The number of hydrogen-bond acceptors (Lipinski definition) is 5. The largest absolute Gasteiger partial charge is 0.465 e. The molecule has 0 aliphatic carbocycles. The van der Waals surface area contributed by atoms with Crippen molar-refractivity contribution in [3.05, 3.63) is 16.3 Å². The van der Waals surface area contributed by atoms with Crippen molar-refractivity contribution in [3.8, 4) is 0 Å². The molecular weight excluding hydrogens is 228 g/mol. The molecule has 1 aromatic heterocycles. The fourth-order valence-electron chi connectivity index (χ4n) is 1.70. The number of ether oxygens (including phenoxy) is 1. The molecule has 2 rings (SSSR count). The van der Waals surface area contributed by atoms with Gasteiger partial charge in [-0.3, -0.25) is 4.79 Å². The van der Waals surface area contributed by atoms with E-state index < -0.39 is 12.0 Å². The summed E-state index contributed by atoms with van der Waals surface area (Å²) >= 11 is 1.26. The number of carbonyl (C=O) groups excluding carboxylic acids is 2. The summed E-state index contributed by atoms with van der Waals surface area (Å²) in [6.07, 6.45) is 0.620. The quantitative estimate of drug-likeness (QED) is 0.768. The number of amides is 1. The van der Waals surface area contributed by atoms with Crippen molar-refractivity contribution in [3.63, 3.8) is 0 Å². The van der Waals surface area contributed by atoms with Crippen LogP contribution in [-0.4, -0.2) is 31.6 Å². The van der Waals surface area contributed by atoms with Crippen molar-refractivity contribution in [2.24, 2.45) is 5.73 Å². The average molecular weight is 240 g/mol. The molecule has 0 aromatic carbocycles. The maximum Gasteiger partial charge on any atom is 0.350 e. The SMILES string of the molecule is COC(=O)c1sccc1N1CCC(N)C1=O. The molecule has 1 atom stereocenters. The van der Waals surface area contributed by atoms with Crippen molar-refractivity contribution in [2.75, 3.05) is 18.6 Å². The predicted molar refractivity (Wildman–Crippen MR) is 60.6 cm³/mol. The Hall–Kier alpha value is -1.40. The van der Waals surface area contributed by atoms with Gasteiger partial charge in [0.15, 0.2) is 0 Å². The van der Waals surface area contributed by atoms with Gasteiger partial charge in [0.05, 0.1) is 18.8 Å². The number of rotatable bonds is 2. The Balaban J connectivity index is 2.31. The van der Waals surface area contributed by atoms with E-state index in [0.29, 0.717) is 23.5 Å². The summed E-state index contributed by atoms with van der Waals surface area (Å²) in [5.74, 6) is -0.554. The summed E-state index contributed by atoms with van der Waals surface area (Å²) in [7, 11) is 1.32. The molecule has 1 unspecified atom stereocenters. The number of nitrogens with zero attached hydrogens (tertiary/aromatic N) is 1. The number of thiophene rings is 1. The molecule has 1 aliphatic rings. The molecule has 0 radical (unpaired) electrons. The van der Waals surface area contributed by atoms with Crippen LogP contribution in [-0.2, 0) is 9.53 Å². The molecule has 86 valence electrons. The van der Waals surface area contributed by atoms with E-state index in [2.05, 4.69) is 4.74 Å². The lowest BCUT2D eigenvalue weighted by Gasteiger charge is -2.15. The third-order valence-corrected chi connectivity index (χ3v) is 3.44. The van der Waals surface area contributed by atoms with Crippen LogP contribution in [0.15, 0.2) is 11.4 Å². The monoisotopic (exact) mass is 240 g/mol. The number of carbonyl (C=O) groups is 2. The third-order valence-electron chi connectivity index (χ3n) is 2.55. The van der Waals surface area contributed by atoms with Crippen LogP contribution in [0.25, 0.3) is 0 Å². The second-order valence-corrected chi connectivity index (χ2v) is 4.43. The first-order chi connectivity index (χ1) is 7.65. The lowest BCUT2D eigenvalue weighted by Crippen LogP contribution is -2.34. The Morgan fingerprint density at radius 2 is 2.44 bits per heavy atom. The number of nitrogens with two attached hydrogens (primary N) is 1. The van der Waals surface area contributed by atoms with Crippen molar-refractivity contribution >= 4 is 28.9 Å². The van der Waals surface area contributed by atoms with E-state index in [4.69, 9.17) is 5.73 Å². The summed E-state index contributed by atoms with van der Waals surface area (Å²) in [5.41, 5.74) is 6.24. The van der Waals surface area contributed by atoms with Crippen LogP contribution >= 0.6 is 11.3 Å². The molecule has 1 saturated heterocycles. The molecule has 16 heavy (non-hydrogen) atoms. The Labute approximate surface area is 96.8 Å². The highest BCUT2D eigenvalue weighted by atomic mass is 32.1. The van der Waals surface area contributed by atoms with Crippen LogP contribution in [0.3, 0.4) is 0 Å². The summed E-state index contributed by atoms with van der Waals surface area (Å²) in [4.78, 5) is 25.2. The highest BCUT2D eigenvalue weighted by Crippen LogP contribution is 2.29. The molecule has 6 heteroatoms. The topological polar surface area (TPSA) is 72.6 Å². The first kappa shape index (κ1) is 11.1. The van der Waals surface area contributed by atoms with Crippen LogP contribution < -0.4 is 10.6 Å². The molecule has 1 aliphatic heterocycles. The fraction of sp³-hybridized carbons (Fsp3) is 0.400. The maximum absolute atomic E-state index is 11.7. The molecule has 1 aromatic rings. The minimum atomic E-state index is -0.453. The summed E-state index contributed by atoms with van der Waals surface area (Å²) in [5, 5.41) is 1.76. The highest BCUT2D eigenvalue weighted by molar-refractivity contribution is 7.12. The van der Waals surface area contributed by atoms with E-state index >= 15 is 0 Å². The van der Waals surface area contributed by atoms with Crippen molar-refractivity contribution in [1.29, 1.82) is 0 Å². The molecule has 1 amide bonds. The molecule has 1 fully saturated rings. The lowest BCUT2D eigenvalue weighted by atomic mass is 10.3. The van der Waals surface area contributed by atoms with Crippen LogP contribution in [0, 0.1) is 0 Å². The predicted octanol–water partition coefficient (Wildman–Crippen LogP) is 0.599. The van der Waals surface area contributed by atoms with Gasteiger partial charge in [0.1, 0.15) is 4.88 Å². The smallest absolute Gasteiger partial charge is 0.350 e. The molecule has 5 nitrogen and oxygen atoms in total. The van der Waals surface area contributed by atoms with E-state index in [1.165, 1.54) is 18.4 Å². The standard InChI is InChI=1S/C10H12N2O3S/c1-15-10(14)8-7(3-5-16-8)12-4-2-6(11)9(12)13/h3,5-6H,2,4,11H2,1H3. The number of methoxy groups -OCH3 is 1. The van der Waals surface area contributed by atoms with Crippen LogP contribution in [0.1, 0.15) is 16.1 Å². The van der Waals surface area contributed by atoms with Crippen LogP contribution in [0.4, 0.5) is 5.69 Å². The van der Waals surface area contributed by atoms with E-state index in [1.54, 1.807) is 16.3 Å². The van der Waals surface area contributed by atoms with Gasteiger partial charge in [0.25, 0.3) is 0 Å². The Morgan fingerprint density at radius 1 is 1.69 bits per heavy atom. The van der Waals surface area contributed by atoms with E-state index in [1.807, 2.05) is 0 Å². The van der Waals surface area contributed by atoms with Gasteiger partial charge in [0, 0.05) is 6.54 Å². The molecule has 0 spiro atoms. The minimum absolute atomic E-state index is 0.136. The van der Waals surface area contributed by atoms with Gasteiger partial charge in [-0.25, -0.2) is 4.79 Å². The summed E-state index contributed by atoms with van der Waals surface area (Å²) < 4.78 is 4.66. The van der Waals surface area contributed by atoms with Gasteiger partial charge in [-0.2, -0.15) is 0 Å². The summed E-state index contributed by atoms with van der Waals surface area (Å²) in [6.45, 7) is 0.556.